The molecule has 2 aromatic carbocycles. The number of benzene rings is 2. The van der Waals surface area contributed by atoms with E-state index in [0.29, 0.717) is 6.54 Å². The molecule has 0 radical (unpaired) electrons. The van der Waals surface area contributed by atoms with E-state index < -0.39 is 0 Å². The summed E-state index contributed by atoms with van der Waals surface area (Å²) in [6, 6.07) is 17.2. The fraction of sp³-hybridized carbons (Fsp3) is 0.111. The number of nitrogens with zero attached hydrogens (tertiary/aromatic N) is 2. The first kappa shape index (κ1) is 14.2. The maximum Gasteiger partial charge on any atom is 0.267 e. The molecule has 22 heavy (non-hydrogen) atoms. The molecule has 0 unspecified atom stereocenters. The van der Waals surface area contributed by atoms with Gasteiger partial charge in [-0.15, -0.1) is 0 Å². The molecule has 0 aliphatic carbocycles. The third-order valence-corrected chi connectivity index (χ3v) is 3.53. The van der Waals surface area contributed by atoms with Gasteiger partial charge in [0.25, 0.3) is 5.56 Å². The zero-order chi connectivity index (χ0) is 15.5. The summed E-state index contributed by atoms with van der Waals surface area (Å²) in [6.45, 7) is 2.32. The molecule has 0 atom stereocenters. The molecule has 0 bridgehead atoms. The molecule has 0 saturated heterocycles. The van der Waals surface area contributed by atoms with Crippen molar-refractivity contribution in [2.45, 2.75) is 13.5 Å². The predicted molar refractivity (Wildman–Crippen MR) is 84.2 cm³/mol. The quantitative estimate of drug-likeness (QED) is 0.742. The van der Waals surface area contributed by atoms with Crippen LogP contribution in [0.15, 0.2) is 65.5 Å². The molecule has 0 amide bonds. The Balaban J connectivity index is 1.98. The fourth-order valence-electron chi connectivity index (χ4n) is 2.33. The second-order valence-electron chi connectivity index (χ2n) is 5.16. The van der Waals surface area contributed by atoms with Crippen molar-refractivity contribution >= 4 is 0 Å². The average molecular weight is 294 g/mol. The molecule has 0 aliphatic heterocycles. The lowest BCUT2D eigenvalue weighted by Gasteiger charge is -2.09. The summed E-state index contributed by atoms with van der Waals surface area (Å²) in [5, 5.41) is 4.43. The van der Waals surface area contributed by atoms with Gasteiger partial charge in [-0.25, -0.2) is 9.07 Å². The Labute approximate surface area is 127 Å². The van der Waals surface area contributed by atoms with Gasteiger partial charge in [-0.05, 0) is 36.2 Å². The van der Waals surface area contributed by atoms with Gasteiger partial charge in [0.2, 0.25) is 0 Å². The van der Waals surface area contributed by atoms with Crippen LogP contribution in [-0.2, 0) is 6.54 Å². The highest BCUT2D eigenvalue weighted by Crippen LogP contribution is 2.19. The van der Waals surface area contributed by atoms with Gasteiger partial charge in [-0.1, -0.05) is 36.4 Å². The number of hydrogen-bond donors (Lipinski definition) is 0. The molecule has 0 fully saturated rings. The normalized spacial score (nSPS) is 10.6. The molecule has 0 N–H and O–H groups in total. The Morgan fingerprint density at radius 3 is 2.45 bits per heavy atom. The van der Waals surface area contributed by atoms with E-state index >= 15 is 0 Å². The summed E-state index contributed by atoms with van der Waals surface area (Å²) >= 11 is 0. The summed E-state index contributed by atoms with van der Waals surface area (Å²) in [7, 11) is 0. The second kappa shape index (κ2) is 5.93. The van der Waals surface area contributed by atoms with Crippen LogP contribution < -0.4 is 5.56 Å². The van der Waals surface area contributed by atoms with Crippen LogP contribution in [0.3, 0.4) is 0 Å². The molecule has 3 aromatic rings. The first-order chi connectivity index (χ1) is 10.6. The number of aryl methyl sites for hydroxylation is 1. The van der Waals surface area contributed by atoms with Gasteiger partial charge in [0.05, 0.1) is 12.2 Å². The Hall–Kier alpha value is -2.75. The molecule has 1 aromatic heterocycles. The van der Waals surface area contributed by atoms with Crippen LogP contribution in [0, 0.1) is 12.7 Å². The first-order valence-corrected chi connectivity index (χ1v) is 7.02. The minimum Gasteiger partial charge on any atom is -0.268 e. The standard InChI is InChI=1S/C18H15FN2O/c1-13-4-2-3-5-16(13)17-10-11-18(22)21(20-17)12-14-6-8-15(19)9-7-14/h2-11H,12H2,1H3. The van der Waals surface area contributed by atoms with E-state index in [1.165, 1.54) is 22.9 Å². The van der Waals surface area contributed by atoms with Crippen LogP contribution in [0.1, 0.15) is 11.1 Å². The summed E-state index contributed by atoms with van der Waals surface area (Å²) in [6.07, 6.45) is 0. The molecular weight excluding hydrogens is 279 g/mol. The Morgan fingerprint density at radius 2 is 1.73 bits per heavy atom. The van der Waals surface area contributed by atoms with Gasteiger partial charge in [0.15, 0.2) is 0 Å². The van der Waals surface area contributed by atoms with Crippen molar-refractivity contribution in [1.29, 1.82) is 0 Å². The lowest BCUT2D eigenvalue weighted by molar-refractivity contribution is 0.620. The molecule has 0 spiro atoms. The third-order valence-electron chi connectivity index (χ3n) is 3.53. The molecule has 1 heterocycles. The molecule has 3 nitrogen and oxygen atoms in total. The topological polar surface area (TPSA) is 34.9 Å². The molecule has 0 aliphatic rings. The van der Waals surface area contributed by atoms with E-state index in [9.17, 15) is 9.18 Å². The largest absolute Gasteiger partial charge is 0.268 e. The molecular formula is C18H15FN2O. The minimum absolute atomic E-state index is 0.179. The van der Waals surface area contributed by atoms with Crippen molar-refractivity contribution < 1.29 is 4.39 Å². The van der Waals surface area contributed by atoms with Gasteiger partial charge >= 0.3 is 0 Å². The fourth-order valence-corrected chi connectivity index (χ4v) is 2.33. The highest BCUT2D eigenvalue weighted by Gasteiger charge is 2.06. The van der Waals surface area contributed by atoms with E-state index in [4.69, 9.17) is 0 Å². The van der Waals surface area contributed by atoms with Crippen molar-refractivity contribution in [3.05, 3.63) is 88.0 Å². The van der Waals surface area contributed by atoms with Crippen molar-refractivity contribution in [3.8, 4) is 11.3 Å². The maximum absolute atomic E-state index is 13.0. The highest BCUT2D eigenvalue weighted by molar-refractivity contribution is 5.62. The van der Waals surface area contributed by atoms with Crippen LogP contribution in [-0.4, -0.2) is 9.78 Å². The van der Waals surface area contributed by atoms with Crippen LogP contribution in [0.5, 0.6) is 0 Å². The SMILES string of the molecule is Cc1ccccc1-c1ccc(=O)n(Cc2ccc(F)cc2)n1. The minimum atomic E-state index is -0.294. The zero-order valence-corrected chi connectivity index (χ0v) is 12.2. The number of halogens is 1. The Kier molecular flexibility index (Phi) is 3.83. The molecule has 110 valence electrons. The number of hydrogen-bond acceptors (Lipinski definition) is 2. The van der Waals surface area contributed by atoms with E-state index in [0.717, 1.165) is 22.4 Å². The number of aromatic nitrogens is 2. The van der Waals surface area contributed by atoms with Gasteiger partial charge in [-0.2, -0.15) is 5.10 Å². The predicted octanol–water partition coefficient (Wildman–Crippen LogP) is 3.41. The van der Waals surface area contributed by atoms with Gasteiger partial charge in [0, 0.05) is 11.6 Å². The van der Waals surface area contributed by atoms with Crippen molar-refractivity contribution in [2.75, 3.05) is 0 Å². The maximum atomic E-state index is 13.0. The van der Waals surface area contributed by atoms with Crippen molar-refractivity contribution in [3.63, 3.8) is 0 Å². The van der Waals surface area contributed by atoms with Gasteiger partial charge < -0.3 is 0 Å². The third kappa shape index (κ3) is 2.96. The van der Waals surface area contributed by atoms with E-state index in [1.807, 2.05) is 31.2 Å². The molecule has 4 heteroatoms. The number of rotatable bonds is 3. The monoisotopic (exact) mass is 294 g/mol. The summed E-state index contributed by atoms with van der Waals surface area (Å²) in [4.78, 5) is 12.0. The first-order valence-electron chi connectivity index (χ1n) is 7.02. The van der Waals surface area contributed by atoms with Gasteiger partial charge in [-0.3, -0.25) is 4.79 Å². The average Bonchev–Trinajstić information content (AvgIpc) is 2.52. The molecule has 3 rings (SSSR count). The highest BCUT2D eigenvalue weighted by atomic mass is 19.1. The zero-order valence-electron chi connectivity index (χ0n) is 12.2. The lowest BCUT2D eigenvalue weighted by atomic mass is 10.1. The van der Waals surface area contributed by atoms with Crippen LogP contribution in [0.2, 0.25) is 0 Å². The smallest absolute Gasteiger partial charge is 0.267 e. The Bertz CT molecular complexity index is 853. The van der Waals surface area contributed by atoms with E-state index in [2.05, 4.69) is 5.10 Å². The summed E-state index contributed by atoms with van der Waals surface area (Å²) < 4.78 is 14.3. The van der Waals surface area contributed by atoms with Crippen molar-refractivity contribution in [1.82, 2.24) is 9.78 Å². The van der Waals surface area contributed by atoms with Crippen LogP contribution >= 0.6 is 0 Å². The van der Waals surface area contributed by atoms with Crippen molar-refractivity contribution in [2.24, 2.45) is 0 Å². The summed E-state index contributed by atoms with van der Waals surface area (Å²) in [5.41, 5.74) is 3.50. The summed E-state index contributed by atoms with van der Waals surface area (Å²) in [5.74, 6) is -0.294. The van der Waals surface area contributed by atoms with E-state index in [-0.39, 0.29) is 11.4 Å². The van der Waals surface area contributed by atoms with Crippen LogP contribution in [0.4, 0.5) is 4.39 Å². The van der Waals surface area contributed by atoms with Crippen LogP contribution in [0.25, 0.3) is 11.3 Å². The lowest BCUT2D eigenvalue weighted by Crippen LogP contribution is -2.22. The van der Waals surface area contributed by atoms with Gasteiger partial charge in [0.1, 0.15) is 5.82 Å². The Morgan fingerprint density at radius 1 is 1.00 bits per heavy atom. The second-order valence-corrected chi connectivity index (χ2v) is 5.16. The van der Waals surface area contributed by atoms with E-state index in [1.54, 1.807) is 18.2 Å². The molecule has 0 saturated carbocycles.